The molecule has 0 unspecified atom stereocenters. The second kappa shape index (κ2) is 6.44. The highest BCUT2D eigenvalue weighted by Crippen LogP contribution is 2.23. The molecule has 23 heavy (non-hydrogen) atoms. The van der Waals surface area contributed by atoms with Crippen LogP contribution < -0.4 is 10.2 Å². The van der Waals surface area contributed by atoms with Crippen LogP contribution in [0.5, 0.6) is 0 Å². The molecule has 1 N–H and O–H groups in total. The van der Waals surface area contributed by atoms with Gasteiger partial charge in [-0.15, -0.1) is 0 Å². The molecule has 1 aliphatic rings. The maximum Gasteiger partial charge on any atom is 0.247 e. The number of anilines is 1. The van der Waals surface area contributed by atoms with Crippen LogP contribution in [0, 0.1) is 5.92 Å². The van der Waals surface area contributed by atoms with Crippen molar-refractivity contribution in [3.8, 4) is 0 Å². The average Bonchev–Trinajstić information content (AvgIpc) is 2.89. The molecule has 0 radical (unpaired) electrons. The number of para-hydroxylation sites is 1. The molecule has 1 saturated heterocycles. The topological polar surface area (TPSA) is 66.5 Å². The summed E-state index contributed by atoms with van der Waals surface area (Å²) in [6.07, 6.45) is 0. The van der Waals surface area contributed by atoms with Crippen LogP contribution >= 0.6 is 0 Å². The molecule has 0 aromatic heterocycles. The number of benzene rings is 2. The minimum absolute atomic E-state index is 0.0632. The van der Waals surface area contributed by atoms with Gasteiger partial charge in [0.2, 0.25) is 11.8 Å². The van der Waals surface area contributed by atoms with Crippen LogP contribution in [0.1, 0.15) is 5.56 Å². The van der Waals surface area contributed by atoms with Crippen LogP contribution in [0.3, 0.4) is 0 Å². The predicted octanol–water partition coefficient (Wildman–Crippen LogP) is 1.53. The quantitative estimate of drug-likeness (QED) is 0.871. The van der Waals surface area contributed by atoms with E-state index in [-0.39, 0.29) is 12.3 Å². The third-order valence-electron chi connectivity index (χ3n) is 3.79. The van der Waals surface area contributed by atoms with E-state index in [9.17, 15) is 14.4 Å². The lowest BCUT2D eigenvalue weighted by molar-refractivity contribution is -0.137. The second-order valence-corrected chi connectivity index (χ2v) is 5.36. The fraction of sp³-hybridized carbons (Fsp3) is 0.167. The highest BCUT2D eigenvalue weighted by Gasteiger charge is 2.44. The second-order valence-electron chi connectivity index (χ2n) is 5.36. The number of ketones is 1. The molecule has 5 heteroatoms. The van der Waals surface area contributed by atoms with Gasteiger partial charge in [0.15, 0.2) is 11.7 Å². The zero-order valence-electron chi connectivity index (χ0n) is 12.4. The number of carbonyl (C=O) groups is 3. The fourth-order valence-electron chi connectivity index (χ4n) is 2.59. The Bertz CT molecular complexity index is 728. The molecular formula is C18H16N2O3. The zero-order valence-corrected chi connectivity index (χ0v) is 12.4. The highest BCUT2D eigenvalue weighted by atomic mass is 16.2. The van der Waals surface area contributed by atoms with Gasteiger partial charge < -0.3 is 10.2 Å². The van der Waals surface area contributed by atoms with Gasteiger partial charge in [0.25, 0.3) is 0 Å². The van der Waals surface area contributed by atoms with Gasteiger partial charge in [-0.3, -0.25) is 14.4 Å². The summed E-state index contributed by atoms with van der Waals surface area (Å²) in [6, 6.07) is 18.2. The molecule has 5 nitrogen and oxygen atoms in total. The maximum absolute atomic E-state index is 12.4. The SMILES string of the molecule is O=C1CN(c2ccccc2)C(=O)[C@H]1C(=O)NCc1ccccc1. The van der Waals surface area contributed by atoms with Gasteiger partial charge in [-0.1, -0.05) is 48.5 Å². The Kier molecular flexibility index (Phi) is 4.19. The Morgan fingerprint density at radius 1 is 1.00 bits per heavy atom. The van der Waals surface area contributed by atoms with Gasteiger partial charge in [-0.05, 0) is 17.7 Å². The normalized spacial score (nSPS) is 17.4. The van der Waals surface area contributed by atoms with Gasteiger partial charge in [0.05, 0.1) is 6.54 Å². The smallest absolute Gasteiger partial charge is 0.247 e. The average molecular weight is 308 g/mol. The third kappa shape index (κ3) is 3.13. The Labute approximate surface area is 133 Å². The summed E-state index contributed by atoms with van der Waals surface area (Å²) >= 11 is 0. The highest BCUT2D eigenvalue weighted by molar-refractivity contribution is 6.28. The maximum atomic E-state index is 12.4. The van der Waals surface area contributed by atoms with E-state index in [2.05, 4.69) is 5.32 Å². The molecule has 116 valence electrons. The van der Waals surface area contributed by atoms with Crippen LogP contribution in [0.15, 0.2) is 60.7 Å². The molecule has 0 bridgehead atoms. The number of hydrogen-bond donors (Lipinski definition) is 1. The summed E-state index contributed by atoms with van der Waals surface area (Å²) in [4.78, 5) is 38.1. The van der Waals surface area contributed by atoms with E-state index in [1.807, 2.05) is 36.4 Å². The molecular weight excluding hydrogens is 292 g/mol. The van der Waals surface area contributed by atoms with Gasteiger partial charge in [-0.25, -0.2) is 0 Å². The monoisotopic (exact) mass is 308 g/mol. The molecule has 2 aromatic carbocycles. The minimum Gasteiger partial charge on any atom is -0.351 e. The van der Waals surface area contributed by atoms with Crippen molar-refractivity contribution >= 4 is 23.3 Å². The van der Waals surface area contributed by atoms with Crippen LogP contribution in [-0.2, 0) is 20.9 Å². The largest absolute Gasteiger partial charge is 0.351 e. The summed E-state index contributed by atoms with van der Waals surface area (Å²) in [7, 11) is 0. The van der Waals surface area contributed by atoms with Gasteiger partial charge >= 0.3 is 0 Å². The third-order valence-corrected chi connectivity index (χ3v) is 3.79. The molecule has 0 saturated carbocycles. The van der Waals surface area contributed by atoms with E-state index in [0.717, 1.165) is 5.56 Å². The van der Waals surface area contributed by atoms with E-state index < -0.39 is 17.7 Å². The van der Waals surface area contributed by atoms with Crippen molar-refractivity contribution in [2.45, 2.75) is 6.54 Å². The molecule has 0 spiro atoms. The summed E-state index contributed by atoms with van der Waals surface area (Å²) in [5.41, 5.74) is 1.54. The first-order chi connectivity index (χ1) is 11.2. The van der Waals surface area contributed by atoms with E-state index in [0.29, 0.717) is 12.2 Å². The van der Waals surface area contributed by atoms with Crippen molar-refractivity contribution in [3.63, 3.8) is 0 Å². The van der Waals surface area contributed by atoms with Crippen LogP contribution in [0.2, 0.25) is 0 Å². The number of Topliss-reactive ketones (excluding diaryl/α,β-unsaturated/α-hetero) is 1. The number of hydrogen-bond acceptors (Lipinski definition) is 3. The lowest BCUT2D eigenvalue weighted by Gasteiger charge is -2.15. The number of carbonyl (C=O) groups excluding carboxylic acids is 3. The van der Waals surface area contributed by atoms with Crippen LogP contribution in [-0.4, -0.2) is 24.1 Å². The number of amides is 2. The van der Waals surface area contributed by atoms with Crippen molar-refractivity contribution in [3.05, 3.63) is 66.2 Å². The molecule has 3 rings (SSSR count). The molecule has 1 heterocycles. The Morgan fingerprint density at radius 3 is 2.26 bits per heavy atom. The molecule has 1 atom stereocenters. The number of rotatable bonds is 4. The first-order valence-corrected chi connectivity index (χ1v) is 7.37. The van der Waals surface area contributed by atoms with Gasteiger partial charge in [0.1, 0.15) is 0 Å². The van der Waals surface area contributed by atoms with E-state index in [1.54, 1.807) is 24.3 Å². The van der Waals surface area contributed by atoms with Gasteiger partial charge in [0, 0.05) is 12.2 Å². The molecule has 1 fully saturated rings. The van der Waals surface area contributed by atoms with E-state index in [4.69, 9.17) is 0 Å². The molecule has 0 aliphatic carbocycles. The summed E-state index contributed by atoms with van der Waals surface area (Å²) in [6.45, 7) is 0.230. The van der Waals surface area contributed by atoms with Gasteiger partial charge in [-0.2, -0.15) is 0 Å². The Morgan fingerprint density at radius 2 is 1.61 bits per heavy atom. The van der Waals surface area contributed by atoms with Crippen molar-refractivity contribution in [1.82, 2.24) is 5.32 Å². The standard InChI is InChI=1S/C18H16N2O3/c21-15-12-20(14-9-5-2-6-10-14)18(23)16(15)17(22)19-11-13-7-3-1-4-8-13/h1-10,16H,11-12H2,(H,19,22)/t16-/m1/s1. The summed E-state index contributed by atoms with van der Waals surface area (Å²) < 4.78 is 0. The van der Waals surface area contributed by atoms with Crippen molar-refractivity contribution in [2.75, 3.05) is 11.4 Å². The Hall–Kier alpha value is -2.95. The zero-order chi connectivity index (χ0) is 16.2. The summed E-state index contributed by atoms with van der Waals surface area (Å²) in [5.74, 6) is -2.63. The number of nitrogens with one attached hydrogen (secondary N) is 1. The van der Waals surface area contributed by atoms with Crippen molar-refractivity contribution in [2.24, 2.45) is 5.92 Å². The molecule has 2 aromatic rings. The fourth-order valence-corrected chi connectivity index (χ4v) is 2.59. The Balaban J connectivity index is 1.69. The van der Waals surface area contributed by atoms with Crippen molar-refractivity contribution < 1.29 is 14.4 Å². The lowest BCUT2D eigenvalue weighted by atomic mass is 10.1. The predicted molar refractivity (Wildman–Crippen MR) is 85.6 cm³/mol. The van der Waals surface area contributed by atoms with Crippen LogP contribution in [0.25, 0.3) is 0 Å². The number of nitrogens with zero attached hydrogens (tertiary/aromatic N) is 1. The summed E-state index contributed by atoms with van der Waals surface area (Å²) in [5, 5.41) is 2.67. The molecule has 2 amide bonds. The minimum atomic E-state index is -1.25. The first kappa shape index (κ1) is 15.0. The first-order valence-electron chi connectivity index (χ1n) is 7.37. The lowest BCUT2D eigenvalue weighted by Crippen LogP contribution is -2.38. The van der Waals surface area contributed by atoms with Crippen molar-refractivity contribution in [1.29, 1.82) is 0 Å². The van der Waals surface area contributed by atoms with Crippen LogP contribution in [0.4, 0.5) is 5.69 Å². The molecule has 1 aliphatic heterocycles. The van der Waals surface area contributed by atoms with E-state index >= 15 is 0 Å². The van der Waals surface area contributed by atoms with E-state index in [1.165, 1.54) is 4.90 Å².